The highest BCUT2D eigenvalue weighted by Crippen LogP contribution is 2.42. The molecule has 0 radical (unpaired) electrons. The Morgan fingerprint density at radius 2 is 1.55 bits per heavy atom. The van der Waals surface area contributed by atoms with Crippen molar-refractivity contribution in [3.05, 3.63) is 47.5 Å². The number of hydrogen-bond donors (Lipinski definition) is 1. The van der Waals surface area contributed by atoms with Gasteiger partial charge >= 0.3 is 12.1 Å². The molecular formula is C31H37NO7S. The highest BCUT2D eigenvalue weighted by atomic mass is 32.1. The van der Waals surface area contributed by atoms with Crippen LogP contribution in [-0.2, 0) is 14.3 Å². The van der Waals surface area contributed by atoms with Gasteiger partial charge in [-0.1, -0.05) is 44.5 Å². The van der Waals surface area contributed by atoms with E-state index < -0.39 is 36.9 Å². The summed E-state index contributed by atoms with van der Waals surface area (Å²) < 4.78 is 12.8. The van der Waals surface area contributed by atoms with Gasteiger partial charge in [0.25, 0.3) is 0 Å². The molecule has 1 saturated carbocycles. The van der Waals surface area contributed by atoms with E-state index in [1.165, 1.54) is 16.2 Å². The van der Waals surface area contributed by atoms with Crippen molar-refractivity contribution < 1.29 is 33.8 Å². The summed E-state index contributed by atoms with van der Waals surface area (Å²) in [6.07, 6.45) is 2.80. The molecule has 1 saturated heterocycles. The molecule has 1 aliphatic carbocycles. The summed E-state index contributed by atoms with van der Waals surface area (Å²) in [5.74, 6) is -1.03. The SMILES string of the molecule is CC.CC(C)(C)OC(=O)N1C(C(=O)OCC(=O)c2ccc3c(c2)sc2cc(C(=O)CO)ccc23)CC2CCCC21. The van der Waals surface area contributed by atoms with Gasteiger partial charge in [-0.3, -0.25) is 14.5 Å². The number of ether oxygens (including phenoxy) is 2. The van der Waals surface area contributed by atoms with Crippen LogP contribution in [-0.4, -0.2) is 64.5 Å². The van der Waals surface area contributed by atoms with Crippen molar-refractivity contribution in [3.8, 4) is 0 Å². The summed E-state index contributed by atoms with van der Waals surface area (Å²) in [6.45, 7) is 8.41. The molecule has 8 nitrogen and oxygen atoms in total. The lowest BCUT2D eigenvalue weighted by Crippen LogP contribution is -2.47. The predicted octanol–water partition coefficient (Wildman–Crippen LogP) is 6.16. The van der Waals surface area contributed by atoms with Crippen molar-refractivity contribution in [1.29, 1.82) is 0 Å². The Balaban J connectivity index is 0.00000181. The maximum absolute atomic E-state index is 13.1. The number of fused-ring (bicyclic) bond motifs is 4. The molecule has 3 unspecified atom stereocenters. The molecule has 1 aliphatic heterocycles. The molecule has 0 spiro atoms. The lowest BCUT2D eigenvalue weighted by molar-refractivity contribution is -0.148. The summed E-state index contributed by atoms with van der Waals surface area (Å²) in [4.78, 5) is 52.4. The minimum Gasteiger partial charge on any atom is -0.456 e. The molecule has 5 rings (SSSR count). The van der Waals surface area contributed by atoms with Crippen LogP contribution in [0.25, 0.3) is 20.2 Å². The number of benzene rings is 2. The molecule has 3 aromatic rings. The molecule has 1 amide bonds. The zero-order valence-electron chi connectivity index (χ0n) is 23.7. The monoisotopic (exact) mass is 567 g/mol. The first kappa shape index (κ1) is 29.7. The van der Waals surface area contributed by atoms with Crippen molar-refractivity contribution in [2.45, 2.75) is 78.0 Å². The molecule has 1 N–H and O–H groups in total. The fourth-order valence-electron chi connectivity index (χ4n) is 5.61. The van der Waals surface area contributed by atoms with Crippen LogP contribution in [0.5, 0.6) is 0 Å². The third-order valence-electron chi connectivity index (χ3n) is 7.32. The van der Waals surface area contributed by atoms with Gasteiger partial charge in [-0.05, 0) is 58.1 Å². The lowest BCUT2D eigenvalue weighted by Gasteiger charge is -2.31. The van der Waals surface area contributed by atoms with Gasteiger partial charge in [0.2, 0.25) is 0 Å². The van der Waals surface area contributed by atoms with E-state index in [0.717, 1.165) is 39.4 Å². The topological polar surface area (TPSA) is 110 Å². The van der Waals surface area contributed by atoms with Crippen LogP contribution in [0.15, 0.2) is 36.4 Å². The van der Waals surface area contributed by atoms with E-state index in [9.17, 15) is 19.2 Å². The van der Waals surface area contributed by atoms with Crippen LogP contribution in [0, 0.1) is 5.92 Å². The Morgan fingerprint density at radius 3 is 2.12 bits per heavy atom. The number of aliphatic hydroxyl groups excluding tert-OH is 1. The van der Waals surface area contributed by atoms with E-state index in [-0.39, 0.29) is 23.5 Å². The first-order chi connectivity index (χ1) is 19.1. The average molecular weight is 568 g/mol. The van der Waals surface area contributed by atoms with Crippen LogP contribution in [0.1, 0.15) is 81.0 Å². The number of aliphatic hydroxyl groups is 1. The maximum Gasteiger partial charge on any atom is 0.411 e. The zero-order chi connectivity index (χ0) is 29.2. The second kappa shape index (κ2) is 12.1. The van der Waals surface area contributed by atoms with Crippen LogP contribution in [0.2, 0.25) is 0 Å². The zero-order valence-corrected chi connectivity index (χ0v) is 24.5. The van der Waals surface area contributed by atoms with Crippen molar-refractivity contribution >= 4 is 55.1 Å². The molecular weight excluding hydrogens is 530 g/mol. The van der Waals surface area contributed by atoms with Crippen LogP contribution >= 0.6 is 11.3 Å². The summed E-state index contributed by atoms with van der Waals surface area (Å²) in [5.41, 5.74) is 0.168. The smallest absolute Gasteiger partial charge is 0.411 e. The minimum absolute atomic E-state index is 0.0401. The van der Waals surface area contributed by atoms with Crippen molar-refractivity contribution in [1.82, 2.24) is 4.90 Å². The second-order valence-electron chi connectivity index (χ2n) is 11.0. The molecule has 40 heavy (non-hydrogen) atoms. The van der Waals surface area contributed by atoms with Gasteiger partial charge in [0.1, 0.15) is 18.2 Å². The third-order valence-corrected chi connectivity index (χ3v) is 8.44. The van der Waals surface area contributed by atoms with Crippen LogP contribution < -0.4 is 0 Å². The number of nitrogens with zero attached hydrogens (tertiary/aromatic N) is 1. The first-order valence-corrected chi connectivity index (χ1v) is 14.7. The number of ketones is 2. The second-order valence-corrected chi connectivity index (χ2v) is 12.1. The Bertz CT molecular complexity index is 1440. The van der Waals surface area contributed by atoms with Gasteiger partial charge in [0.05, 0.1) is 0 Å². The number of hydrogen-bond acceptors (Lipinski definition) is 8. The number of likely N-dealkylation sites (tertiary alicyclic amines) is 1. The predicted molar refractivity (Wildman–Crippen MR) is 155 cm³/mol. The third kappa shape index (κ3) is 6.05. The van der Waals surface area contributed by atoms with E-state index in [1.807, 2.05) is 26.0 Å². The van der Waals surface area contributed by atoms with Gasteiger partial charge in [0.15, 0.2) is 18.2 Å². The van der Waals surface area contributed by atoms with Crippen molar-refractivity contribution in [2.24, 2.45) is 5.92 Å². The first-order valence-electron chi connectivity index (χ1n) is 13.9. The molecule has 2 aliphatic rings. The highest BCUT2D eigenvalue weighted by Gasteiger charge is 2.50. The van der Waals surface area contributed by atoms with E-state index in [4.69, 9.17) is 14.6 Å². The number of thiophene rings is 1. The van der Waals surface area contributed by atoms with E-state index >= 15 is 0 Å². The Morgan fingerprint density at radius 1 is 0.950 bits per heavy atom. The van der Waals surface area contributed by atoms with Crippen LogP contribution in [0.3, 0.4) is 0 Å². The molecule has 1 aromatic heterocycles. The van der Waals surface area contributed by atoms with Crippen LogP contribution in [0.4, 0.5) is 4.79 Å². The molecule has 214 valence electrons. The number of esters is 1. The summed E-state index contributed by atoms with van der Waals surface area (Å²) >= 11 is 1.45. The van der Waals surface area contributed by atoms with Gasteiger partial charge in [-0.15, -0.1) is 11.3 Å². The normalized spacial score (nSPS) is 20.1. The number of amides is 1. The average Bonchev–Trinajstić information content (AvgIpc) is 3.63. The number of rotatable bonds is 6. The van der Waals surface area contributed by atoms with Crippen molar-refractivity contribution in [3.63, 3.8) is 0 Å². The number of carbonyl (C=O) groups is 4. The van der Waals surface area contributed by atoms with E-state index in [2.05, 4.69) is 0 Å². The van der Waals surface area contributed by atoms with Gasteiger partial charge in [-0.2, -0.15) is 0 Å². The fraction of sp³-hybridized carbons (Fsp3) is 0.484. The molecule has 0 bridgehead atoms. The number of Topliss-reactive ketones (excluding diaryl/α,β-unsaturated/α-hetero) is 2. The Labute approximate surface area is 238 Å². The molecule has 9 heteroatoms. The number of carbonyl (C=O) groups excluding carboxylic acids is 4. The van der Waals surface area contributed by atoms with Gasteiger partial charge in [0, 0.05) is 37.3 Å². The Hall–Kier alpha value is -3.30. The summed E-state index contributed by atoms with van der Waals surface area (Å²) in [7, 11) is 0. The molecule has 2 heterocycles. The molecule has 2 fully saturated rings. The highest BCUT2D eigenvalue weighted by molar-refractivity contribution is 7.25. The fourth-order valence-corrected chi connectivity index (χ4v) is 6.79. The largest absolute Gasteiger partial charge is 0.456 e. The standard InChI is InChI=1S/C29H31NO7S.C2H6/c1-29(2,3)37-28(35)30-21-6-4-5-16(21)11-22(30)27(34)36-15-24(33)18-8-10-20-19-9-7-17(23(32)14-31)12-25(19)38-26(20)13-18;1-2/h7-10,12-13,16,21-22,31H,4-6,11,14-15H2,1-3H3;1-2H3. The quantitative estimate of drug-likeness (QED) is 0.281. The van der Waals surface area contributed by atoms with Gasteiger partial charge in [-0.25, -0.2) is 9.59 Å². The minimum atomic E-state index is -0.756. The maximum atomic E-state index is 13.1. The Kier molecular flexibility index (Phi) is 8.95. The molecule has 2 aromatic carbocycles. The summed E-state index contributed by atoms with van der Waals surface area (Å²) in [5, 5.41) is 11.0. The van der Waals surface area contributed by atoms with Crippen molar-refractivity contribution in [2.75, 3.05) is 13.2 Å². The van der Waals surface area contributed by atoms with E-state index in [1.54, 1.807) is 45.0 Å². The molecule has 3 atom stereocenters. The lowest BCUT2D eigenvalue weighted by atomic mass is 10.0. The van der Waals surface area contributed by atoms with E-state index in [0.29, 0.717) is 17.5 Å². The van der Waals surface area contributed by atoms with Gasteiger partial charge < -0.3 is 14.6 Å². The summed E-state index contributed by atoms with van der Waals surface area (Å²) in [6, 6.07) is 9.78.